The molecule has 2 heterocycles. The SMILES string of the molecule is CC(NC(=O)CN1CC(CO)OCC1C)c1ccco1. The molecule has 2 rings (SSSR count). The van der Waals surface area contributed by atoms with E-state index in [1.165, 1.54) is 0 Å². The number of nitrogens with zero attached hydrogens (tertiary/aromatic N) is 1. The fourth-order valence-electron chi connectivity index (χ4n) is 2.29. The van der Waals surface area contributed by atoms with Gasteiger partial charge in [-0.3, -0.25) is 9.69 Å². The van der Waals surface area contributed by atoms with Crippen LogP contribution < -0.4 is 5.32 Å². The molecule has 6 nitrogen and oxygen atoms in total. The van der Waals surface area contributed by atoms with Crippen LogP contribution in [0.3, 0.4) is 0 Å². The molecule has 6 heteroatoms. The van der Waals surface area contributed by atoms with E-state index in [-0.39, 0.29) is 30.7 Å². The highest BCUT2D eigenvalue weighted by Crippen LogP contribution is 2.13. The first-order valence-corrected chi connectivity index (χ1v) is 6.89. The van der Waals surface area contributed by atoms with Crippen LogP contribution in [-0.4, -0.2) is 54.4 Å². The van der Waals surface area contributed by atoms with E-state index in [1.54, 1.807) is 12.3 Å². The summed E-state index contributed by atoms with van der Waals surface area (Å²) < 4.78 is 10.7. The van der Waals surface area contributed by atoms with E-state index in [4.69, 9.17) is 14.3 Å². The van der Waals surface area contributed by atoms with Gasteiger partial charge in [0, 0.05) is 12.6 Å². The molecule has 3 unspecified atom stereocenters. The van der Waals surface area contributed by atoms with E-state index in [9.17, 15) is 4.79 Å². The Bertz CT molecular complexity index is 421. The minimum atomic E-state index is -0.207. The van der Waals surface area contributed by atoms with Gasteiger partial charge in [0.05, 0.1) is 38.2 Å². The first-order chi connectivity index (χ1) is 9.60. The van der Waals surface area contributed by atoms with Crippen LogP contribution >= 0.6 is 0 Å². The van der Waals surface area contributed by atoms with Gasteiger partial charge in [-0.1, -0.05) is 0 Å². The summed E-state index contributed by atoms with van der Waals surface area (Å²) in [6.07, 6.45) is 1.38. The second kappa shape index (κ2) is 6.88. The number of amides is 1. The van der Waals surface area contributed by atoms with Gasteiger partial charge in [0.2, 0.25) is 5.91 Å². The Morgan fingerprint density at radius 3 is 3.10 bits per heavy atom. The summed E-state index contributed by atoms with van der Waals surface area (Å²) in [5.74, 6) is 0.681. The molecule has 1 aliphatic rings. The lowest BCUT2D eigenvalue weighted by Gasteiger charge is -2.37. The molecular weight excluding hydrogens is 260 g/mol. The lowest BCUT2D eigenvalue weighted by molar-refractivity contribution is -0.128. The van der Waals surface area contributed by atoms with E-state index in [2.05, 4.69) is 5.32 Å². The third-order valence-corrected chi connectivity index (χ3v) is 3.53. The Morgan fingerprint density at radius 2 is 2.45 bits per heavy atom. The second-order valence-electron chi connectivity index (χ2n) is 5.22. The minimum Gasteiger partial charge on any atom is -0.467 e. The molecule has 1 aromatic heterocycles. The Balaban J connectivity index is 1.84. The molecule has 1 aromatic rings. The number of furan rings is 1. The molecule has 2 N–H and O–H groups in total. The summed E-state index contributed by atoms with van der Waals surface area (Å²) in [5, 5.41) is 12.0. The van der Waals surface area contributed by atoms with Crippen molar-refractivity contribution in [3.63, 3.8) is 0 Å². The van der Waals surface area contributed by atoms with Crippen molar-refractivity contribution in [1.29, 1.82) is 0 Å². The van der Waals surface area contributed by atoms with Crippen LogP contribution in [0.15, 0.2) is 22.8 Å². The molecule has 0 aromatic carbocycles. The lowest BCUT2D eigenvalue weighted by Crippen LogP contribution is -2.52. The molecule has 1 aliphatic heterocycles. The summed E-state index contributed by atoms with van der Waals surface area (Å²) in [7, 11) is 0. The summed E-state index contributed by atoms with van der Waals surface area (Å²) in [6, 6.07) is 3.66. The fourth-order valence-corrected chi connectivity index (χ4v) is 2.29. The third kappa shape index (κ3) is 3.82. The van der Waals surface area contributed by atoms with Crippen LogP contribution in [0.5, 0.6) is 0 Å². The number of hydrogen-bond donors (Lipinski definition) is 2. The number of carbonyl (C=O) groups is 1. The van der Waals surface area contributed by atoms with Crippen molar-refractivity contribution in [2.24, 2.45) is 0 Å². The molecule has 0 radical (unpaired) electrons. The maximum Gasteiger partial charge on any atom is 0.234 e. The Labute approximate surface area is 118 Å². The van der Waals surface area contributed by atoms with Gasteiger partial charge in [-0.15, -0.1) is 0 Å². The number of ether oxygens (including phenoxy) is 1. The highest BCUT2D eigenvalue weighted by atomic mass is 16.5. The van der Waals surface area contributed by atoms with E-state index in [1.807, 2.05) is 24.8 Å². The quantitative estimate of drug-likeness (QED) is 0.824. The first-order valence-electron chi connectivity index (χ1n) is 6.89. The first kappa shape index (κ1) is 15.0. The molecule has 1 amide bonds. The third-order valence-electron chi connectivity index (χ3n) is 3.53. The second-order valence-corrected chi connectivity index (χ2v) is 5.22. The Kier molecular flexibility index (Phi) is 5.17. The molecule has 1 fully saturated rings. The number of nitrogens with one attached hydrogen (secondary N) is 1. The number of hydrogen-bond acceptors (Lipinski definition) is 5. The van der Waals surface area contributed by atoms with Crippen molar-refractivity contribution in [3.8, 4) is 0 Å². The number of aliphatic hydroxyl groups excluding tert-OH is 1. The number of aliphatic hydroxyl groups is 1. The smallest absolute Gasteiger partial charge is 0.234 e. The highest BCUT2D eigenvalue weighted by molar-refractivity contribution is 5.78. The van der Waals surface area contributed by atoms with Gasteiger partial charge in [0.25, 0.3) is 0 Å². The van der Waals surface area contributed by atoms with Crippen molar-refractivity contribution in [2.75, 3.05) is 26.3 Å². The largest absolute Gasteiger partial charge is 0.467 e. The number of carbonyl (C=O) groups excluding carboxylic acids is 1. The van der Waals surface area contributed by atoms with Gasteiger partial charge in [0.15, 0.2) is 0 Å². The van der Waals surface area contributed by atoms with Crippen LogP contribution in [0.1, 0.15) is 25.6 Å². The van der Waals surface area contributed by atoms with Crippen LogP contribution in [0.25, 0.3) is 0 Å². The maximum atomic E-state index is 12.1. The van der Waals surface area contributed by atoms with Crippen molar-refractivity contribution in [2.45, 2.75) is 32.0 Å². The minimum absolute atomic E-state index is 0.0202. The van der Waals surface area contributed by atoms with Crippen LogP contribution in [0.4, 0.5) is 0 Å². The molecule has 0 saturated carbocycles. The Morgan fingerprint density at radius 1 is 1.65 bits per heavy atom. The zero-order valence-corrected chi connectivity index (χ0v) is 11.9. The van der Waals surface area contributed by atoms with Gasteiger partial charge < -0.3 is 19.6 Å². The molecule has 20 heavy (non-hydrogen) atoms. The highest BCUT2D eigenvalue weighted by Gasteiger charge is 2.27. The predicted molar refractivity (Wildman–Crippen MR) is 73.1 cm³/mol. The van der Waals surface area contributed by atoms with Crippen molar-refractivity contribution in [3.05, 3.63) is 24.2 Å². The molecular formula is C14H22N2O4. The number of rotatable bonds is 5. The fraction of sp³-hybridized carbons (Fsp3) is 0.643. The molecule has 0 aliphatic carbocycles. The summed E-state index contributed by atoms with van der Waals surface area (Å²) >= 11 is 0. The predicted octanol–water partition coefficient (Wildman–Crippen LogP) is 0.538. The van der Waals surface area contributed by atoms with Crippen LogP contribution in [0.2, 0.25) is 0 Å². The summed E-state index contributed by atoms with van der Waals surface area (Å²) in [4.78, 5) is 14.1. The van der Waals surface area contributed by atoms with E-state index in [0.29, 0.717) is 19.7 Å². The average molecular weight is 282 g/mol. The molecule has 0 bridgehead atoms. The van der Waals surface area contributed by atoms with E-state index < -0.39 is 0 Å². The van der Waals surface area contributed by atoms with Crippen molar-refractivity contribution < 1.29 is 19.1 Å². The van der Waals surface area contributed by atoms with E-state index in [0.717, 1.165) is 5.76 Å². The molecule has 3 atom stereocenters. The summed E-state index contributed by atoms with van der Waals surface area (Å²) in [5.41, 5.74) is 0. The monoisotopic (exact) mass is 282 g/mol. The zero-order chi connectivity index (χ0) is 14.5. The number of morpholine rings is 1. The molecule has 1 saturated heterocycles. The maximum absolute atomic E-state index is 12.1. The van der Waals surface area contributed by atoms with Gasteiger partial charge >= 0.3 is 0 Å². The van der Waals surface area contributed by atoms with Crippen molar-refractivity contribution in [1.82, 2.24) is 10.2 Å². The van der Waals surface area contributed by atoms with Crippen LogP contribution in [-0.2, 0) is 9.53 Å². The standard InChI is InChI=1S/C14H22N2O4/c1-10-9-20-12(8-17)6-16(10)7-14(18)15-11(2)13-4-3-5-19-13/h3-5,10-12,17H,6-9H2,1-2H3,(H,15,18). The van der Waals surface area contributed by atoms with Crippen LogP contribution in [0, 0.1) is 0 Å². The molecule has 0 spiro atoms. The zero-order valence-electron chi connectivity index (χ0n) is 11.9. The Hall–Kier alpha value is -1.37. The van der Waals surface area contributed by atoms with Gasteiger partial charge in [-0.25, -0.2) is 0 Å². The van der Waals surface area contributed by atoms with E-state index >= 15 is 0 Å². The van der Waals surface area contributed by atoms with Gasteiger partial charge in [-0.05, 0) is 26.0 Å². The molecule has 112 valence electrons. The van der Waals surface area contributed by atoms with Gasteiger partial charge in [-0.2, -0.15) is 0 Å². The summed E-state index contributed by atoms with van der Waals surface area (Å²) in [6.45, 7) is 5.28. The average Bonchev–Trinajstić information content (AvgIpc) is 2.95. The van der Waals surface area contributed by atoms with Gasteiger partial charge in [0.1, 0.15) is 5.76 Å². The lowest BCUT2D eigenvalue weighted by atomic mass is 10.2. The van der Waals surface area contributed by atoms with Crippen molar-refractivity contribution >= 4 is 5.91 Å². The topological polar surface area (TPSA) is 74.9 Å². The normalized spacial score (nSPS) is 25.4.